The molecule has 0 aromatic carbocycles. The minimum absolute atomic E-state index is 0.0138. The molecule has 0 aliphatic carbocycles. The van der Waals surface area contributed by atoms with Crippen LogP contribution < -0.4 is 4.89 Å². The molecule has 0 bridgehead atoms. The standard InChI is InChI=1S/C9H20NO3P/c1-8(5-6-11)14(13)9(12)7-10(2,3)4/h8,11H,5-7H2,1-4H3/p+1. The van der Waals surface area contributed by atoms with Crippen LogP contribution in [-0.2, 0) is 0 Å². The minimum atomic E-state index is -1.73. The number of aliphatic hydroxyl groups excluding tert-OH is 2. The lowest BCUT2D eigenvalue weighted by molar-refractivity contribution is -0.861. The average molecular weight is 222 g/mol. The molecule has 5 heteroatoms. The number of rotatable bonds is 5. The highest BCUT2D eigenvalue weighted by Gasteiger charge is 2.21. The van der Waals surface area contributed by atoms with Gasteiger partial charge < -0.3 is 19.6 Å². The predicted molar refractivity (Wildman–Crippen MR) is 57.9 cm³/mol. The maximum absolute atomic E-state index is 11.7. The summed E-state index contributed by atoms with van der Waals surface area (Å²) in [4.78, 5) is 11.7. The maximum atomic E-state index is 11.7. The molecule has 0 aliphatic rings. The number of hydrogen-bond acceptors (Lipinski definition) is 2. The van der Waals surface area contributed by atoms with Crippen LogP contribution in [0, 0.1) is 0 Å². The fraction of sp³-hybridized carbons (Fsp3) is 0.889. The molecule has 0 aliphatic heterocycles. The maximum Gasteiger partial charge on any atom is 0.274 e. The van der Waals surface area contributed by atoms with E-state index in [9.17, 15) is 10.00 Å². The summed E-state index contributed by atoms with van der Waals surface area (Å²) < 4.78 is 0.554. The summed E-state index contributed by atoms with van der Waals surface area (Å²) >= 11 is 0. The van der Waals surface area contributed by atoms with Crippen molar-refractivity contribution in [1.82, 2.24) is 0 Å². The van der Waals surface area contributed by atoms with Crippen LogP contribution in [0.4, 0.5) is 0 Å². The molecule has 14 heavy (non-hydrogen) atoms. The van der Waals surface area contributed by atoms with Crippen molar-refractivity contribution >= 4 is 13.3 Å². The quantitative estimate of drug-likeness (QED) is 0.497. The molecule has 0 aromatic rings. The number of aliphatic hydroxyl groups is 2. The van der Waals surface area contributed by atoms with Crippen LogP contribution >= 0.6 is 7.77 Å². The van der Waals surface area contributed by atoms with Crippen molar-refractivity contribution in [3.8, 4) is 0 Å². The monoisotopic (exact) mass is 222 g/mol. The van der Waals surface area contributed by atoms with E-state index in [0.717, 1.165) is 0 Å². The van der Waals surface area contributed by atoms with Gasteiger partial charge in [-0.2, -0.15) is 0 Å². The van der Waals surface area contributed by atoms with Gasteiger partial charge in [0.1, 0.15) is 5.66 Å². The molecule has 0 spiro atoms. The number of nitrogens with zero attached hydrogens (tertiary/aromatic N) is 1. The van der Waals surface area contributed by atoms with E-state index < -0.39 is 7.77 Å². The molecular weight excluding hydrogens is 201 g/mol. The molecule has 0 saturated carbocycles. The summed E-state index contributed by atoms with van der Waals surface area (Å²) in [6, 6.07) is 0. The van der Waals surface area contributed by atoms with Crippen LogP contribution in [0.1, 0.15) is 13.3 Å². The number of hydrogen-bond donors (Lipinski definition) is 2. The van der Waals surface area contributed by atoms with Gasteiger partial charge in [0, 0.05) is 13.0 Å². The van der Waals surface area contributed by atoms with Gasteiger partial charge in [-0.3, -0.25) is 0 Å². The largest absolute Gasteiger partial charge is 0.628 e. The van der Waals surface area contributed by atoms with Gasteiger partial charge >= 0.3 is 0 Å². The van der Waals surface area contributed by atoms with Gasteiger partial charge in [0.05, 0.1) is 28.9 Å². The average Bonchev–Trinajstić information content (AvgIpc) is 2.00. The lowest BCUT2D eigenvalue weighted by Crippen LogP contribution is -2.40. The van der Waals surface area contributed by atoms with Crippen LogP contribution in [0.2, 0.25) is 0 Å². The smallest absolute Gasteiger partial charge is 0.274 e. The third kappa shape index (κ3) is 5.68. The van der Waals surface area contributed by atoms with Crippen LogP contribution in [0.5, 0.6) is 0 Å². The molecule has 4 nitrogen and oxygen atoms in total. The Morgan fingerprint density at radius 3 is 2.29 bits per heavy atom. The number of quaternary nitrogens is 1. The summed E-state index contributed by atoms with van der Waals surface area (Å²) in [6.45, 7) is 2.19. The first kappa shape index (κ1) is 14.0. The molecule has 0 aromatic heterocycles. The molecular formula is C9H21NO3P+. The second kappa shape index (κ2) is 5.79. The Kier molecular flexibility index (Phi) is 5.79. The fourth-order valence-corrected chi connectivity index (χ4v) is 2.47. The van der Waals surface area contributed by atoms with E-state index in [1.807, 2.05) is 21.1 Å². The van der Waals surface area contributed by atoms with Crippen molar-refractivity contribution in [3.63, 3.8) is 0 Å². The van der Waals surface area contributed by atoms with Crippen molar-refractivity contribution < 1.29 is 19.6 Å². The van der Waals surface area contributed by atoms with Crippen LogP contribution in [0.3, 0.4) is 0 Å². The van der Waals surface area contributed by atoms with E-state index in [0.29, 0.717) is 17.4 Å². The lowest BCUT2D eigenvalue weighted by atomic mass is 10.3. The van der Waals surface area contributed by atoms with Gasteiger partial charge in [-0.1, -0.05) is 0 Å². The molecule has 84 valence electrons. The molecule has 2 unspecified atom stereocenters. The Morgan fingerprint density at radius 2 is 1.93 bits per heavy atom. The predicted octanol–water partition coefficient (Wildman–Crippen LogP) is -0.277. The highest BCUT2D eigenvalue weighted by Crippen LogP contribution is 2.24. The van der Waals surface area contributed by atoms with E-state index >= 15 is 0 Å². The second-order valence-corrected chi connectivity index (χ2v) is 6.60. The Labute approximate surface area is 86.9 Å². The zero-order valence-electron chi connectivity index (χ0n) is 9.40. The molecule has 0 heterocycles. The van der Waals surface area contributed by atoms with E-state index in [2.05, 4.69) is 0 Å². The number of likely N-dealkylation sites (N-methyl/N-ethyl adjacent to an activating group) is 1. The van der Waals surface area contributed by atoms with E-state index in [1.165, 1.54) is 0 Å². The summed E-state index contributed by atoms with van der Waals surface area (Å²) in [5, 5.41) is 18.3. The SMILES string of the molecule is CC(CCO)/[P+]([O-])=C(\O)C[N+](C)(C)C. The topological polar surface area (TPSA) is 63.5 Å². The zero-order chi connectivity index (χ0) is 11.4. The van der Waals surface area contributed by atoms with E-state index in [-0.39, 0.29) is 17.7 Å². The third-order valence-corrected chi connectivity index (χ3v) is 3.53. The van der Waals surface area contributed by atoms with Gasteiger partial charge in [0.15, 0.2) is 6.54 Å². The minimum Gasteiger partial charge on any atom is -0.628 e. The lowest BCUT2D eigenvalue weighted by Gasteiger charge is -2.22. The highest BCUT2D eigenvalue weighted by molar-refractivity contribution is 7.52. The summed E-state index contributed by atoms with van der Waals surface area (Å²) in [6.07, 6.45) is 0.469. The highest BCUT2D eigenvalue weighted by atomic mass is 31.1. The Balaban J connectivity index is 4.42. The van der Waals surface area contributed by atoms with Gasteiger partial charge in [0.2, 0.25) is 0 Å². The van der Waals surface area contributed by atoms with Gasteiger partial charge in [-0.05, 0) is 6.92 Å². The van der Waals surface area contributed by atoms with Crippen molar-refractivity contribution in [2.75, 3.05) is 34.3 Å². The summed E-state index contributed by atoms with van der Waals surface area (Å²) in [5.41, 5.74) is -0.102. The second-order valence-electron chi connectivity index (χ2n) is 4.55. The summed E-state index contributed by atoms with van der Waals surface area (Å²) in [5.74, 6) is 0. The van der Waals surface area contributed by atoms with Crippen molar-refractivity contribution in [3.05, 3.63) is 0 Å². The summed E-state index contributed by atoms with van der Waals surface area (Å²) in [7, 11) is 4.05. The molecule has 2 atom stereocenters. The fourth-order valence-electron chi connectivity index (χ4n) is 1.05. The Hall–Kier alpha value is 0.0100. The van der Waals surface area contributed by atoms with Crippen molar-refractivity contribution in [1.29, 1.82) is 0 Å². The molecule has 0 fully saturated rings. The molecule has 0 radical (unpaired) electrons. The molecule has 0 saturated heterocycles. The first-order chi connectivity index (χ1) is 6.28. The zero-order valence-corrected chi connectivity index (χ0v) is 10.3. The van der Waals surface area contributed by atoms with Crippen LogP contribution in [0.15, 0.2) is 0 Å². The third-order valence-electron chi connectivity index (χ3n) is 1.82. The van der Waals surface area contributed by atoms with Gasteiger partial charge in [0.25, 0.3) is 5.48 Å². The van der Waals surface area contributed by atoms with Crippen LogP contribution in [-0.4, -0.2) is 60.1 Å². The van der Waals surface area contributed by atoms with Gasteiger partial charge in [-0.25, -0.2) is 0 Å². The normalized spacial score (nSPS) is 16.5. The first-order valence-electron chi connectivity index (χ1n) is 4.70. The Bertz CT molecular complexity index is 211. The molecule has 2 N–H and O–H groups in total. The van der Waals surface area contributed by atoms with Crippen molar-refractivity contribution in [2.45, 2.75) is 19.0 Å². The first-order valence-corrected chi connectivity index (χ1v) is 6.03. The van der Waals surface area contributed by atoms with Crippen LogP contribution in [0.25, 0.3) is 0 Å². The van der Waals surface area contributed by atoms with Gasteiger partial charge in [-0.15, -0.1) is 0 Å². The van der Waals surface area contributed by atoms with Crippen molar-refractivity contribution in [2.24, 2.45) is 0 Å². The molecule has 0 amide bonds. The molecule has 0 rings (SSSR count). The van der Waals surface area contributed by atoms with E-state index in [4.69, 9.17) is 5.11 Å². The van der Waals surface area contributed by atoms with E-state index in [1.54, 1.807) is 6.92 Å². The Morgan fingerprint density at radius 1 is 1.43 bits per heavy atom.